The lowest BCUT2D eigenvalue weighted by molar-refractivity contribution is -0.119. The summed E-state index contributed by atoms with van der Waals surface area (Å²) >= 11 is 6.26. The van der Waals surface area contributed by atoms with Crippen LogP contribution in [-0.4, -0.2) is 27.1 Å². The van der Waals surface area contributed by atoms with Gasteiger partial charge in [0.1, 0.15) is 18.9 Å². The van der Waals surface area contributed by atoms with Gasteiger partial charge < -0.3 is 4.74 Å². The molecule has 0 bridgehead atoms. The van der Waals surface area contributed by atoms with E-state index in [1.54, 1.807) is 42.5 Å². The van der Waals surface area contributed by atoms with Crippen LogP contribution < -0.4 is 14.5 Å². The van der Waals surface area contributed by atoms with Crippen molar-refractivity contribution in [3.63, 3.8) is 0 Å². The molecule has 4 aromatic rings. The van der Waals surface area contributed by atoms with Crippen LogP contribution in [0, 0.1) is 13.8 Å². The molecule has 7 nitrogen and oxygen atoms in total. The van der Waals surface area contributed by atoms with Gasteiger partial charge in [0, 0.05) is 5.02 Å². The van der Waals surface area contributed by atoms with Crippen molar-refractivity contribution < 1.29 is 17.9 Å². The Morgan fingerprint density at radius 3 is 2.31 bits per heavy atom. The zero-order valence-corrected chi connectivity index (χ0v) is 23.1. The van der Waals surface area contributed by atoms with E-state index in [9.17, 15) is 13.2 Å². The topological polar surface area (TPSA) is 88.1 Å². The number of hydrogen-bond donors (Lipinski definition) is 1. The number of anilines is 1. The monoisotopic (exact) mass is 561 g/mol. The fourth-order valence-electron chi connectivity index (χ4n) is 3.62. The second-order valence-corrected chi connectivity index (χ2v) is 11.2. The van der Waals surface area contributed by atoms with Gasteiger partial charge in [0.2, 0.25) is 0 Å². The molecular weight excluding hydrogens is 534 g/mol. The first-order valence-corrected chi connectivity index (χ1v) is 14.0. The van der Waals surface area contributed by atoms with Crippen LogP contribution >= 0.6 is 11.6 Å². The van der Waals surface area contributed by atoms with Gasteiger partial charge in [-0.25, -0.2) is 13.8 Å². The van der Waals surface area contributed by atoms with Gasteiger partial charge in [0.15, 0.2) is 0 Å². The predicted octanol–water partition coefficient (Wildman–Crippen LogP) is 5.88. The highest BCUT2D eigenvalue weighted by atomic mass is 35.5. The van der Waals surface area contributed by atoms with Crippen LogP contribution in [-0.2, 0) is 21.4 Å². The summed E-state index contributed by atoms with van der Waals surface area (Å²) in [4.78, 5) is 12.8. The van der Waals surface area contributed by atoms with Crippen molar-refractivity contribution in [2.24, 2.45) is 5.10 Å². The smallest absolute Gasteiger partial charge is 0.264 e. The first-order valence-electron chi connectivity index (χ1n) is 12.2. The molecular formula is C30H28ClN3O4S. The van der Waals surface area contributed by atoms with E-state index < -0.39 is 22.5 Å². The molecule has 1 N–H and O–H groups in total. The molecule has 39 heavy (non-hydrogen) atoms. The first-order chi connectivity index (χ1) is 18.7. The molecule has 9 heteroatoms. The third kappa shape index (κ3) is 7.46. The third-order valence-electron chi connectivity index (χ3n) is 5.87. The minimum absolute atomic E-state index is 0.0580. The molecule has 4 rings (SSSR count). The quantitative estimate of drug-likeness (QED) is 0.193. The Bertz CT molecular complexity index is 1560. The number of nitrogens with zero attached hydrogens (tertiary/aromatic N) is 2. The molecule has 0 atom stereocenters. The Balaban J connectivity index is 1.41. The Morgan fingerprint density at radius 1 is 0.949 bits per heavy atom. The molecule has 0 spiro atoms. The number of nitrogens with one attached hydrogen (secondary N) is 1. The normalized spacial score (nSPS) is 11.4. The lowest BCUT2D eigenvalue weighted by atomic mass is 10.2. The van der Waals surface area contributed by atoms with Crippen molar-refractivity contribution in [1.29, 1.82) is 0 Å². The minimum atomic E-state index is -4.04. The summed E-state index contributed by atoms with van der Waals surface area (Å²) in [5.74, 6) is 0.0933. The van der Waals surface area contributed by atoms with E-state index in [0.29, 0.717) is 17.4 Å². The Labute approximate surface area is 233 Å². The average molecular weight is 562 g/mol. The zero-order valence-electron chi connectivity index (χ0n) is 21.5. The summed E-state index contributed by atoms with van der Waals surface area (Å²) < 4.78 is 33.6. The molecule has 0 heterocycles. The summed E-state index contributed by atoms with van der Waals surface area (Å²) in [5, 5.41) is 4.39. The van der Waals surface area contributed by atoms with Crippen LogP contribution in [0.25, 0.3) is 0 Å². The predicted molar refractivity (Wildman–Crippen MR) is 155 cm³/mol. The number of hydrazone groups is 1. The van der Waals surface area contributed by atoms with E-state index >= 15 is 0 Å². The molecule has 1 amide bonds. The fourth-order valence-corrected chi connectivity index (χ4v) is 5.23. The lowest BCUT2D eigenvalue weighted by Crippen LogP contribution is -2.39. The number of aryl methyl sites for hydroxylation is 2. The van der Waals surface area contributed by atoms with Crippen molar-refractivity contribution in [2.45, 2.75) is 25.3 Å². The third-order valence-corrected chi connectivity index (χ3v) is 8.07. The fraction of sp³-hybridized carbons (Fsp3) is 0.133. The van der Waals surface area contributed by atoms with Crippen molar-refractivity contribution in [2.75, 3.05) is 10.8 Å². The number of carbonyl (C=O) groups excluding carboxylic acids is 1. The highest BCUT2D eigenvalue weighted by Gasteiger charge is 2.27. The molecule has 0 unspecified atom stereocenters. The number of hydrogen-bond acceptors (Lipinski definition) is 5. The SMILES string of the molecule is Cc1ccc(COc2ccc(/C=N/NC(=O)CN(c3ccc(C)c(Cl)c3)S(=O)(=O)c3ccccc3)cc2)cc1. The maximum atomic E-state index is 13.4. The van der Waals surface area contributed by atoms with Gasteiger partial charge >= 0.3 is 0 Å². The van der Waals surface area contributed by atoms with E-state index in [1.807, 2.05) is 50.2 Å². The highest BCUT2D eigenvalue weighted by Crippen LogP contribution is 2.28. The molecule has 0 saturated carbocycles. The number of sulfonamides is 1. The van der Waals surface area contributed by atoms with Crippen molar-refractivity contribution in [3.05, 3.63) is 124 Å². The van der Waals surface area contributed by atoms with Crippen molar-refractivity contribution in [1.82, 2.24) is 5.43 Å². The van der Waals surface area contributed by atoms with Crippen LogP contribution in [0.5, 0.6) is 5.75 Å². The Morgan fingerprint density at radius 2 is 1.64 bits per heavy atom. The van der Waals surface area contributed by atoms with E-state index in [4.69, 9.17) is 16.3 Å². The summed E-state index contributed by atoms with van der Waals surface area (Å²) in [6.45, 7) is 3.82. The molecule has 0 fully saturated rings. The van der Waals surface area contributed by atoms with Crippen LogP contribution in [0.2, 0.25) is 5.02 Å². The molecule has 0 aliphatic carbocycles. The van der Waals surface area contributed by atoms with Crippen molar-refractivity contribution in [3.8, 4) is 5.75 Å². The first kappa shape index (κ1) is 27.9. The van der Waals surface area contributed by atoms with Gasteiger partial charge in [-0.05, 0) is 79.1 Å². The maximum absolute atomic E-state index is 13.4. The van der Waals surface area contributed by atoms with Gasteiger partial charge in [-0.3, -0.25) is 9.10 Å². The van der Waals surface area contributed by atoms with Gasteiger partial charge in [-0.15, -0.1) is 0 Å². The Hall–Kier alpha value is -4.14. The number of rotatable bonds is 10. The number of carbonyl (C=O) groups is 1. The van der Waals surface area contributed by atoms with E-state index in [0.717, 1.165) is 21.0 Å². The van der Waals surface area contributed by atoms with Gasteiger partial charge in [-0.2, -0.15) is 5.10 Å². The minimum Gasteiger partial charge on any atom is -0.489 e. The molecule has 4 aromatic carbocycles. The van der Waals surface area contributed by atoms with E-state index in [1.165, 1.54) is 30.0 Å². The number of halogens is 1. The van der Waals surface area contributed by atoms with Crippen LogP contribution in [0.3, 0.4) is 0 Å². The summed E-state index contributed by atoms with van der Waals surface area (Å²) in [7, 11) is -4.04. The van der Waals surface area contributed by atoms with Crippen LogP contribution in [0.15, 0.2) is 107 Å². The van der Waals surface area contributed by atoms with E-state index in [2.05, 4.69) is 10.5 Å². The van der Waals surface area contributed by atoms with Crippen LogP contribution in [0.4, 0.5) is 5.69 Å². The number of ether oxygens (including phenoxy) is 1. The summed E-state index contributed by atoms with van der Waals surface area (Å²) in [6.07, 6.45) is 1.47. The molecule has 0 aliphatic rings. The molecule has 0 aliphatic heterocycles. The molecule has 200 valence electrons. The second kappa shape index (κ2) is 12.6. The number of benzene rings is 4. The zero-order chi connectivity index (χ0) is 27.8. The largest absolute Gasteiger partial charge is 0.489 e. The van der Waals surface area contributed by atoms with Gasteiger partial charge in [0.05, 0.1) is 16.8 Å². The maximum Gasteiger partial charge on any atom is 0.264 e. The summed E-state index contributed by atoms with van der Waals surface area (Å²) in [5.41, 5.74) is 6.47. The molecule has 0 radical (unpaired) electrons. The Kier molecular flexibility index (Phi) is 9.01. The molecule has 0 saturated heterocycles. The highest BCUT2D eigenvalue weighted by molar-refractivity contribution is 7.92. The standard InChI is InChI=1S/C30H28ClN3O4S/c1-22-8-11-25(12-9-22)21-38-27-16-13-24(14-17-27)19-32-33-30(35)20-34(26-15-10-23(2)29(31)18-26)39(36,37)28-6-4-3-5-7-28/h3-19H,20-21H2,1-2H3,(H,33,35)/b32-19+. The summed E-state index contributed by atoms with van der Waals surface area (Å²) in [6, 6.07) is 28.1. The van der Waals surface area contributed by atoms with E-state index in [-0.39, 0.29) is 10.6 Å². The molecule has 0 aromatic heterocycles. The lowest BCUT2D eigenvalue weighted by Gasteiger charge is -2.24. The van der Waals surface area contributed by atoms with Crippen molar-refractivity contribution >= 4 is 39.4 Å². The van der Waals surface area contributed by atoms with Gasteiger partial charge in [-0.1, -0.05) is 65.7 Å². The van der Waals surface area contributed by atoms with Gasteiger partial charge in [0.25, 0.3) is 15.9 Å². The van der Waals surface area contributed by atoms with Crippen LogP contribution in [0.1, 0.15) is 22.3 Å². The number of amides is 1. The average Bonchev–Trinajstić information content (AvgIpc) is 2.94. The second-order valence-electron chi connectivity index (χ2n) is 8.89.